The van der Waals surface area contributed by atoms with E-state index in [9.17, 15) is 5.26 Å². The summed E-state index contributed by atoms with van der Waals surface area (Å²) in [6.45, 7) is 7.20. The van der Waals surface area contributed by atoms with Crippen molar-refractivity contribution < 1.29 is 4.74 Å². The van der Waals surface area contributed by atoms with Crippen molar-refractivity contribution >= 4 is 5.69 Å². The number of nitriles is 1. The van der Waals surface area contributed by atoms with E-state index in [-0.39, 0.29) is 0 Å². The van der Waals surface area contributed by atoms with Gasteiger partial charge in [-0.25, -0.2) is 0 Å². The van der Waals surface area contributed by atoms with Crippen LogP contribution in [0, 0.1) is 17.2 Å². The molecule has 2 aliphatic heterocycles. The molecule has 2 fully saturated rings. The van der Waals surface area contributed by atoms with Crippen LogP contribution in [0.1, 0.15) is 18.4 Å². The monoisotopic (exact) mass is 285 g/mol. The van der Waals surface area contributed by atoms with Gasteiger partial charge in [-0.3, -0.25) is 4.90 Å². The lowest BCUT2D eigenvalue weighted by atomic mass is 10.0. The summed E-state index contributed by atoms with van der Waals surface area (Å²) in [5.41, 5.74) is 1.87. The molecule has 0 aromatic heterocycles. The van der Waals surface area contributed by atoms with Crippen LogP contribution < -0.4 is 4.90 Å². The largest absolute Gasteiger partial charge is 0.381 e. The van der Waals surface area contributed by atoms with Crippen molar-refractivity contribution in [2.24, 2.45) is 5.92 Å². The summed E-state index contributed by atoms with van der Waals surface area (Å²) >= 11 is 0. The zero-order valence-electron chi connectivity index (χ0n) is 12.5. The Morgan fingerprint density at radius 1 is 1.19 bits per heavy atom. The van der Waals surface area contributed by atoms with Gasteiger partial charge in [-0.1, -0.05) is 12.1 Å². The first-order chi connectivity index (χ1) is 10.4. The van der Waals surface area contributed by atoms with Gasteiger partial charge in [0.2, 0.25) is 0 Å². The van der Waals surface area contributed by atoms with E-state index in [0.717, 1.165) is 57.2 Å². The molecule has 3 rings (SSSR count). The Balaban J connectivity index is 1.54. The van der Waals surface area contributed by atoms with Crippen LogP contribution >= 0.6 is 0 Å². The van der Waals surface area contributed by atoms with E-state index in [1.165, 1.54) is 12.8 Å². The quantitative estimate of drug-likeness (QED) is 0.852. The molecular formula is C17H23N3O. The van der Waals surface area contributed by atoms with Gasteiger partial charge in [0, 0.05) is 39.3 Å². The first kappa shape index (κ1) is 14.4. The molecule has 0 amide bonds. The molecule has 0 spiro atoms. The van der Waals surface area contributed by atoms with Crippen LogP contribution in [0.15, 0.2) is 24.3 Å². The molecule has 2 heterocycles. The zero-order chi connectivity index (χ0) is 14.5. The summed E-state index contributed by atoms with van der Waals surface area (Å²) in [6, 6.07) is 10.2. The Labute approximate surface area is 126 Å². The Kier molecular flexibility index (Phi) is 4.74. The molecule has 0 saturated carbocycles. The fourth-order valence-electron chi connectivity index (χ4n) is 3.33. The number of ether oxygens (including phenoxy) is 1. The molecule has 2 saturated heterocycles. The molecule has 0 aliphatic carbocycles. The molecule has 112 valence electrons. The molecule has 0 bridgehead atoms. The highest BCUT2D eigenvalue weighted by Gasteiger charge is 2.22. The molecule has 4 heteroatoms. The van der Waals surface area contributed by atoms with E-state index in [4.69, 9.17) is 4.74 Å². The van der Waals surface area contributed by atoms with Gasteiger partial charge >= 0.3 is 0 Å². The molecule has 4 nitrogen and oxygen atoms in total. The van der Waals surface area contributed by atoms with Crippen molar-refractivity contribution in [1.82, 2.24) is 4.90 Å². The lowest BCUT2D eigenvalue weighted by molar-refractivity contribution is 0.0377. The second kappa shape index (κ2) is 6.93. The average Bonchev–Trinajstić information content (AvgIpc) is 2.56. The molecular weight excluding hydrogens is 262 g/mol. The number of nitrogens with zero attached hydrogens (tertiary/aromatic N) is 3. The number of hydrogen-bond acceptors (Lipinski definition) is 4. The molecule has 21 heavy (non-hydrogen) atoms. The van der Waals surface area contributed by atoms with Crippen molar-refractivity contribution in [3.8, 4) is 6.07 Å². The molecule has 2 aliphatic rings. The summed E-state index contributed by atoms with van der Waals surface area (Å²) in [5.74, 6) is 0.705. The van der Waals surface area contributed by atoms with Crippen molar-refractivity contribution in [2.75, 3.05) is 50.8 Å². The van der Waals surface area contributed by atoms with Gasteiger partial charge in [0.1, 0.15) is 6.07 Å². The van der Waals surface area contributed by atoms with Crippen molar-refractivity contribution in [3.63, 3.8) is 0 Å². The number of benzene rings is 1. The Morgan fingerprint density at radius 2 is 2.00 bits per heavy atom. The highest BCUT2D eigenvalue weighted by Crippen LogP contribution is 2.22. The second-order valence-corrected chi connectivity index (χ2v) is 6.00. The van der Waals surface area contributed by atoms with Crippen molar-refractivity contribution in [2.45, 2.75) is 12.8 Å². The fraction of sp³-hybridized carbons (Fsp3) is 0.588. The van der Waals surface area contributed by atoms with Crippen LogP contribution in [0.5, 0.6) is 0 Å². The average molecular weight is 285 g/mol. The number of piperazine rings is 1. The van der Waals surface area contributed by atoms with E-state index in [1.54, 1.807) is 0 Å². The number of anilines is 1. The zero-order valence-corrected chi connectivity index (χ0v) is 12.5. The lowest BCUT2D eigenvalue weighted by Crippen LogP contribution is -2.48. The minimum atomic E-state index is 0.705. The van der Waals surface area contributed by atoms with E-state index in [2.05, 4.69) is 21.9 Å². The summed E-state index contributed by atoms with van der Waals surface area (Å²) in [4.78, 5) is 4.89. The number of rotatable bonds is 3. The smallest absolute Gasteiger partial charge is 0.101 e. The Hall–Kier alpha value is -1.57. The normalized spacial score (nSPS) is 23.8. The third-order valence-corrected chi connectivity index (χ3v) is 4.51. The van der Waals surface area contributed by atoms with Crippen LogP contribution in [0.4, 0.5) is 5.69 Å². The van der Waals surface area contributed by atoms with E-state index >= 15 is 0 Å². The maximum atomic E-state index is 9.22. The van der Waals surface area contributed by atoms with Gasteiger partial charge in [0.05, 0.1) is 17.9 Å². The second-order valence-electron chi connectivity index (χ2n) is 6.00. The third kappa shape index (κ3) is 3.55. The number of para-hydroxylation sites is 1. The highest BCUT2D eigenvalue weighted by atomic mass is 16.5. The minimum absolute atomic E-state index is 0.705. The van der Waals surface area contributed by atoms with E-state index < -0.39 is 0 Å². The van der Waals surface area contributed by atoms with Gasteiger partial charge in [-0.15, -0.1) is 0 Å². The Bertz CT molecular complexity index is 497. The van der Waals surface area contributed by atoms with Gasteiger partial charge in [0.15, 0.2) is 0 Å². The summed E-state index contributed by atoms with van der Waals surface area (Å²) in [5, 5.41) is 9.22. The fourth-order valence-corrected chi connectivity index (χ4v) is 3.33. The molecule has 1 unspecified atom stereocenters. The minimum Gasteiger partial charge on any atom is -0.381 e. The lowest BCUT2D eigenvalue weighted by Gasteiger charge is -2.38. The van der Waals surface area contributed by atoms with Gasteiger partial charge in [-0.2, -0.15) is 5.26 Å². The SMILES string of the molecule is N#Cc1ccccc1N1CCN(CC2CCCOC2)CC1. The summed E-state index contributed by atoms with van der Waals surface area (Å²) < 4.78 is 5.57. The van der Waals surface area contributed by atoms with Gasteiger partial charge in [-0.05, 0) is 30.9 Å². The van der Waals surface area contributed by atoms with Crippen LogP contribution in [0.2, 0.25) is 0 Å². The molecule has 1 aromatic rings. The first-order valence-corrected chi connectivity index (χ1v) is 7.91. The van der Waals surface area contributed by atoms with Crippen LogP contribution in [0.25, 0.3) is 0 Å². The maximum absolute atomic E-state index is 9.22. The molecule has 0 N–H and O–H groups in total. The third-order valence-electron chi connectivity index (χ3n) is 4.51. The van der Waals surface area contributed by atoms with Gasteiger partial charge < -0.3 is 9.64 Å². The van der Waals surface area contributed by atoms with Gasteiger partial charge in [0.25, 0.3) is 0 Å². The number of hydrogen-bond donors (Lipinski definition) is 0. The summed E-state index contributed by atoms with van der Waals surface area (Å²) in [7, 11) is 0. The predicted molar refractivity (Wildman–Crippen MR) is 83.4 cm³/mol. The predicted octanol–water partition coefficient (Wildman–Crippen LogP) is 2.11. The Morgan fingerprint density at radius 3 is 2.71 bits per heavy atom. The van der Waals surface area contributed by atoms with E-state index in [0.29, 0.717) is 5.92 Å². The highest BCUT2D eigenvalue weighted by molar-refractivity contribution is 5.59. The molecule has 0 radical (unpaired) electrons. The van der Waals surface area contributed by atoms with Crippen LogP contribution in [-0.2, 0) is 4.74 Å². The molecule has 1 aromatic carbocycles. The van der Waals surface area contributed by atoms with Crippen molar-refractivity contribution in [1.29, 1.82) is 5.26 Å². The van der Waals surface area contributed by atoms with Crippen LogP contribution in [0.3, 0.4) is 0 Å². The summed E-state index contributed by atoms with van der Waals surface area (Å²) in [6.07, 6.45) is 2.51. The topological polar surface area (TPSA) is 39.5 Å². The molecule has 1 atom stereocenters. The first-order valence-electron chi connectivity index (χ1n) is 7.91. The standard InChI is InChI=1S/C17H23N3O/c18-12-16-5-1-2-6-17(16)20-9-7-19(8-10-20)13-15-4-3-11-21-14-15/h1-2,5-6,15H,3-4,7-11,13-14H2. The maximum Gasteiger partial charge on any atom is 0.101 e. The van der Waals surface area contributed by atoms with E-state index in [1.807, 2.05) is 18.2 Å². The van der Waals surface area contributed by atoms with Crippen LogP contribution in [-0.4, -0.2) is 50.8 Å². The van der Waals surface area contributed by atoms with Crippen molar-refractivity contribution in [3.05, 3.63) is 29.8 Å².